The third-order valence-corrected chi connectivity index (χ3v) is 7.51. The Hall–Kier alpha value is -2.33. The van der Waals surface area contributed by atoms with E-state index in [0.717, 1.165) is 42.5 Å². The quantitative estimate of drug-likeness (QED) is 0.335. The van der Waals surface area contributed by atoms with Crippen molar-refractivity contribution in [2.75, 3.05) is 37.6 Å². The van der Waals surface area contributed by atoms with Crippen molar-refractivity contribution in [2.45, 2.75) is 58.0 Å². The maximum atomic E-state index is 13.2. The third kappa shape index (κ3) is 5.72. The maximum absolute atomic E-state index is 13.2. The lowest BCUT2D eigenvalue weighted by molar-refractivity contribution is -0.946. The van der Waals surface area contributed by atoms with Crippen LogP contribution >= 0.6 is 0 Å². The number of rotatable bonds is 10. The second kappa shape index (κ2) is 11.0. The number of benzene rings is 2. The fourth-order valence-corrected chi connectivity index (χ4v) is 5.53. The van der Waals surface area contributed by atoms with Crippen molar-refractivity contribution in [3.63, 3.8) is 0 Å². The van der Waals surface area contributed by atoms with Gasteiger partial charge in [-0.05, 0) is 43.4 Å². The van der Waals surface area contributed by atoms with E-state index in [0.29, 0.717) is 5.92 Å². The number of para-hydroxylation sites is 1. The van der Waals surface area contributed by atoms with Crippen molar-refractivity contribution in [1.82, 2.24) is 0 Å². The second-order valence-electron chi connectivity index (χ2n) is 9.74. The molecule has 2 aromatic carbocycles. The number of aryl methyl sites for hydroxylation is 1. The highest BCUT2D eigenvalue weighted by Gasteiger charge is 2.47. The van der Waals surface area contributed by atoms with Gasteiger partial charge in [0.1, 0.15) is 6.54 Å². The molecule has 3 heterocycles. The number of quaternary nitrogens is 1. The van der Waals surface area contributed by atoms with Crippen LogP contribution in [0.1, 0.15) is 51.0 Å². The first-order valence-corrected chi connectivity index (χ1v) is 12.6. The summed E-state index contributed by atoms with van der Waals surface area (Å²) < 4.78 is 7.35. The Morgan fingerprint density at radius 2 is 1.66 bits per heavy atom. The van der Waals surface area contributed by atoms with Gasteiger partial charge >= 0.3 is 6.09 Å². The van der Waals surface area contributed by atoms with E-state index < -0.39 is 0 Å². The molecule has 0 saturated carbocycles. The van der Waals surface area contributed by atoms with Gasteiger partial charge in [-0.15, -0.1) is 0 Å². The molecule has 0 radical (unpaired) electrons. The summed E-state index contributed by atoms with van der Waals surface area (Å²) in [4.78, 5) is 15.1. The number of hydrogen-bond acceptors (Lipinski definition) is 2. The zero-order valence-corrected chi connectivity index (χ0v) is 19.6. The van der Waals surface area contributed by atoms with Crippen molar-refractivity contribution < 1.29 is 14.0 Å². The predicted molar refractivity (Wildman–Crippen MR) is 131 cm³/mol. The molecule has 1 atom stereocenters. The van der Waals surface area contributed by atoms with Gasteiger partial charge in [0.15, 0.2) is 6.10 Å². The summed E-state index contributed by atoms with van der Waals surface area (Å²) in [6.45, 7) is 7.60. The van der Waals surface area contributed by atoms with Crippen LogP contribution in [0.5, 0.6) is 0 Å². The summed E-state index contributed by atoms with van der Waals surface area (Å²) in [5.41, 5.74) is 2.38. The molecule has 0 aromatic heterocycles. The highest BCUT2D eigenvalue weighted by Crippen LogP contribution is 2.36. The van der Waals surface area contributed by atoms with Crippen LogP contribution < -0.4 is 4.90 Å². The van der Waals surface area contributed by atoms with Crippen molar-refractivity contribution >= 4 is 11.8 Å². The lowest BCUT2D eigenvalue weighted by Gasteiger charge is -2.52. The maximum Gasteiger partial charge on any atom is 0.414 e. The Morgan fingerprint density at radius 3 is 2.34 bits per heavy atom. The standard InChI is InChI=1S/C28H39N2O2/c1-2-3-19-29(26-15-8-5-9-16-26)28(31)32-27-23-30(21-17-25(27)18-22-30)20-11-10-14-24-12-6-4-7-13-24/h4-9,12-13,15-16,25,27H,2-3,10-11,14,17-23H2,1H3/q+1/t25?,27-,30?/m0/s1. The molecule has 3 fully saturated rings. The zero-order chi connectivity index (χ0) is 22.2. The van der Waals surface area contributed by atoms with E-state index >= 15 is 0 Å². The number of nitrogens with zero attached hydrogens (tertiary/aromatic N) is 2. The van der Waals surface area contributed by atoms with E-state index in [1.807, 2.05) is 35.2 Å². The molecule has 0 unspecified atom stereocenters. The molecule has 4 nitrogen and oxygen atoms in total. The van der Waals surface area contributed by atoms with Crippen LogP contribution in [0.2, 0.25) is 0 Å². The number of ether oxygens (including phenoxy) is 1. The molecule has 0 N–H and O–H groups in total. The Kier molecular flexibility index (Phi) is 7.85. The van der Waals surface area contributed by atoms with Crippen molar-refractivity contribution in [3.05, 3.63) is 66.2 Å². The van der Waals surface area contributed by atoms with Crippen LogP contribution in [-0.2, 0) is 11.2 Å². The van der Waals surface area contributed by atoms with E-state index in [1.165, 1.54) is 50.9 Å². The smallest absolute Gasteiger partial charge is 0.414 e. The lowest BCUT2D eigenvalue weighted by atomic mass is 9.83. The van der Waals surface area contributed by atoms with Crippen molar-refractivity contribution in [2.24, 2.45) is 5.92 Å². The molecule has 3 aliphatic heterocycles. The molecule has 3 saturated heterocycles. The minimum atomic E-state index is -0.161. The fraction of sp³-hybridized carbons (Fsp3) is 0.536. The highest BCUT2D eigenvalue weighted by atomic mass is 16.6. The Labute approximate surface area is 193 Å². The second-order valence-corrected chi connectivity index (χ2v) is 9.74. The number of amides is 1. The largest absolute Gasteiger partial charge is 0.440 e. The van der Waals surface area contributed by atoms with Gasteiger partial charge < -0.3 is 9.22 Å². The molecule has 1 amide bonds. The van der Waals surface area contributed by atoms with E-state index in [-0.39, 0.29) is 12.2 Å². The number of unbranched alkanes of at least 4 members (excludes halogenated alkanes) is 2. The van der Waals surface area contributed by atoms with Crippen LogP contribution in [0.3, 0.4) is 0 Å². The molecule has 5 rings (SSSR count). The molecule has 2 bridgehead atoms. The van der Waals surface area contributed by atoms with Crippen LogP contribution in [-0.4, -0.2) is 49.4 Å². The van der Waals surface area contributed by atoms with Gasteiger partial charge in [-0.2, -0.15) is 0 Å². The minimum absolute atomic E-state index is 0.0620. The molecule has 0 spiro atoms. The number of fused-ring (bicyclic) bond motifs is 3. The number of anilines is 1. The SMILES string of the molecule is CCCCN(C(=O)O[C@H]1C[N+]2(CCCCc3ccccc3)CCC1CC2)c1ccccc1. The highest BCUT2D eigenvalue weighted by molar-refractivity contribution is 5.87. The van der Waals surface area contributed by atoms with Crippen molar-refractivity contribution in [1.29, 1.82) is 0 Å². The van der Waals surface area contributed by atoms with Gasteiger partial charge in [0, 0.05) is 31.0 Å². The molecule has 3 aliphatic rings. The van der Waals surface area contributed by atoms with Crippen LogP contribution in [0.25, 0.3) is 0 Å². The lowest BCUT2D eigenvalue weighted by Crippen LogP contribution is -2.65. The predicted octanol–water partition coefficient (Wildman–Crippen LogP) is 6.06. The monoisotopic (exact) mass is 435 g/mol. The first-order chi connectivity index (χ1) is 15.7. The van der Waals surface area contributed by atoms with Gasteiger partial charge in [-0.25, -0.2) is 4.79 Å². The van der Waals surface area contributed by atoms with Gasteiger partial charge in [0.05, 0.1) is 19.6 Å². The van der Waals surface area contributed by atoms with Crippen LogP contribution in [0.4, 0.5) is 10.5 Å². The molecule has 2 aromatic rings. The summed E-state index contributed by atoms with van der Waals surface area (Å²) in [5.74, 6) is 0.534. The van der Waals surface area contributed by atoms with Gasteiger partial charge in [-0.1, -0.05) is 61.9 Å². The first kappa shape index (κ1) is 22.8. The molecule has 32 heavy (non-hydrogen) atoms. The van der Waals surface area contributed by atoms with E-state index in [9.17, 15) is 4.79 Å². The first-order valence-electron chi connectivity index (χ1n) is 12.6. The van der Waals surface area contributed by atoms with E-state index in [2.05, 4.69) is 37.3 Å². The number of carbonyl (C=O) groups excluding carboxylic acids is 1. The Bertz CT molecular complexity index is 831. The molecule has 172 valence electrons. The minimum Gasteiger partial charge on any atom is -0.440 e. The van der Waals surface area contributed by atoms with Crippen LogP contribution in [0, 0.1) is 5.92 Å². The topological polar surface area (TPSA) is 29.5 Å². The normalized spacial score (nSPS) is 24.3. The summed E-state index contributed by atoms with van der Waals surface area (Å²) >= 11 is 0. The average Bonchev–Trinajstić information content (AvgIpc) is 2.84. The fourth-order valence-electron chi connectivity index (χ4n) is 5.53. The Morgan fingerprint density at radius 1 is 0.969 bits per heavy atom. The molecular weight excluding hydrogens is 396 g/mol. The van der Waals surface area contributed by atoms with Gasteiger partial charge in [-0.3, -0.25) is 4.90 Å². The number of hydrogen-bond donors (Lipinski definition) is 0. The summed E-state index contributed by atoms with van der Waals surface area (Å²) in [7, 11) is 0. The van der Waals surface area contributed by atoms with Crippen molar-refractivity contribution in [3.8, 4) is 0 Å². The third-order valence-electron chi connectivity index (χ3n) is 7.51. The zero-order valence-electron chi connectivity index (χ0n) is 19.6. The van der Waals surface area contributed by atoms with Gasteiger partial charge in [0.2, 0.25) is 0 Å². The average molecular weight is 436 g/mol. The van der Waals surface area contributed by atoms with E-state index in [1.54, 1.807) is 0 Å². The molecule has 0 aliphatic carbocycles. The van der Waals surface area contributed by atoms with Gasteiger partial charge in [0.25, 0.3) is 0 Å². The Balaban J connectivity index is 1.33. The summed E-state index contributed by atoms with van der Waals surface area (Å²) in [6, 6.07) is 20.8. The number of piperidine rings is 3. The number of carbonyl (C=O) groups is 1. The molecular formula is C28H39N2O2+. The van der Waals surface area contributed by atoms with E-state index in [4.69, 9.17) is 4.74 Å². The summed E-state index contributed by atoms with van der Waals surface area (Å²) in [5, 5.41) is 0. The molecule has 4 heteroatoms. The van der Waals surface area contributed by atoms with Crippen LogP contribution in [0.15, 0.2) is 60.7 Å². The summed E-state index contributed by atoms with van der Waals surface area (Å²) in [6.07, 6.45) is 7.96.